The average Bonchev–Trinajstić information content (AvgIpc) is 2.88. The number of anilines is 2. The first-order valence-electron chi connectivity index (χ1n) is 6.97. The Morgan fingerprint density at radius 1 is 1.17 bits per heavy atom. The highest BCUT2D eigenvalue weighted by molar-refractivity contribution is 6.30. The van der Waals surface area contributed by atoms with Gasteiger partial charge in [0.05, 0.1) is 19.0 Å². The number of rotatable bonds is 4. The number of aromatic nitrogens is 2. The Bertz CT molecular complexity index is 811. The maximum atomic E-state index is 14.0. The van der Waals surface area contributed by atoms with Crippen LogP contribution in [0.25, 0.3) is 11.3 Å². The predicted molar refractivity (Wildman–Crippen MR) is 89.9 cm³/mol. The Balaban J connectivity index is 2.05. The van der Waals surface area contributed by atoms with Gasteiger partial charge >= 0.3 is 0 Å². The van der Waals surface area contributed by atoms with E-state index in [0.29, 0.717) is 22.0 Å². The van der Waals surface area contributed by atoms with Crippen molar-refractivity contribution in [1.29, 1.82) is 0 Å². The highest BCUT2D eigenvalue weighted by Gasteiger charge is 2.18. The number of methoxy groups -OCH3 is 1. The first-order valence-corrected chi connectivity index (χ1v) is 7.35. The monoisotopic (exact) mass is 331 g/mol. The van der Waals surface area contributed by atoms with Gasteiger partial charge in [0.1, 0.15) is 5.69 Å². The number of para-hydroxylation sites is 1. The molecule has 1 N–H and O–H groups in total. The summed E-state index contributed by atoms with van der Waals surface area (Å²) in [5, 5.41) is 7.86. The van der Waals surface area contributed by atoms with Gasteiger partial charge in [0.25, 0.3) is 0 Å². The van der Waals surface area contributed by atoms with Crippen LogP contribution in [0.5, 0.6) is 5.75 Å². The van der Waals surface area contributed by atoms with Gasteiger partial charge in [-0.15, -0.1) is 0 Å². The van der Waals surface area contributed by atoms with E-state index in [1.807, 2.05) is 24.3 Å². The van der Waals surface area contributed by atoms with Crippen LogP contribution in [0.1, 0.15) is 0 Å². The molecule has 0 saturated carbocycles. The smallest absolute Gasteiger partial charge is 0.169 e. The highest BCUT2D eigenvalue weighted by atomic mass is 35.5. The van der Waals surface area contributed by atoms with Crippen molar-refractivity contribution in [2.45, 2.75) is 0 Å². The number of benzene rings is 2. The minimum atomic E-state index is -0.394. The molecule has 0 atom stereocenters. The third kappa shape index (κ3) is 3.00. The molecule has 0 amide bonds. The van der Waals surface area contributed by atoms with Crippen LogP contribution in [0.3, 0.4) is 0 Å². The molecule has 4 nitrogen and oxygen atoms in total. The molecule has 3 rings (SSSR count). The molecule has 0 bridgehead atoms. The Labute approximate surface area is 138 Å². The van der Waals surface area contributed by atoms with Crippen molar-refractivity contribution in [3.63, 3.8) is 0 Å². The van der Waals surface area contributed by atoms with E-state index in [0.717, 1.165) is 11.4 Å². The first-order chi connectivity index (χ1) is 11.1. The molecule has 0 aliphatic carbocycles. The molecule has 23 heavy (non-hydrogen) atoms. The number of hydrogen-bond donors (Lipinski definition) is 1. The van der Waals surface area contributed by atoms with Crippen molar-refractivity contribution >= 4 is 23.0 Å². The number of ether oxygens (including phenoxy) is 1. The van der Waals surface area contributed by atoms with E-state index in [1.54, 1.807) is 32.4 Å². The molecular weight excluding hydrogens is 317 g/mol. The summed E-state index contributed by atoms with van der Waals surface area (Å²) in [7, 11) is 3.25. The Hall–Kier alpha value is -2.53. The zero-order chi connectivity index (χ0) is 16.4. The lowest BCUT2D eigenvalue weighted by Crippen LogP contribution is -2.00. The van der Waals surface area contributed by atoms with Crippen molar-refractivity contribution in [3.05, 3.63) is 59.5 Å². The standard InChI is InChI=1S/C17H15ClFN3O/c1-22-16(14(19)10-20-22)13-4-3-5-15(17(13)23-2)21-12-8-6-11(18)7-9-12/h3-10,21H,1-2H3. The van der Waals surface area contributed by atoms with Gasteiger partial charge in [0.15, 0.2) is 11.6 Å². The fraction of sp³-hybridized carbons (Fsp3) is 0.118. The lowest BCUT2D eigenvalue weighted by molar-refractivity contribution is 0.417. The summed E-state index contributed by atoms with van der Waals surface area (Å²) in [5.74, 6) is 0.152. The molecule has 6 heteroatoms. The van der Waals surface area contributed by atoms with Gasteiger partial charge in [0, 0.05) is 23.3 Å². The summed E-state index contributed by atoms with van der Waals surface area (Å²) >= 11 is 5.90. The molecule has 0 aliphatic heterocycles. The quantitative estimate of drug-likeness (QED) is 0.757. The maximum absolute atomic E-state index is 14.0. The van der Waals surface area contributed by atoms with E-state index in [-0.39, 0.29) is 0 Å². The van der Waals surface area contributed by atoms with Crippen LogP contribution in [0.4, 0.5) is 15.8 Å². The second-order valence-corrected chi connectivity index (χ2v) is 5.42. The zero-order valence-corrected chi connectivity index (χ0v) is 13.4. The Morgan fingerprint density at radius 3 is 2.52 bits per heavy atom. The molecular formula is C17H15ClFN3O. The largest absolute Gasteiger partial charge is 0.494 e. The summed E-state index contributed by atoms with van der Waals surface area (Å²) in [6, 6.07) is 12.8. The molecule has 0 fully saturated rings. The van der Waals surface area contributed by atoms with Crippen molar-refractivity contribution in [2.24, 2.45) is 7.05 Å². The van der Waals surface area contributed by atoms with Crippen molar-refractivity contribution in [3.8, 4) is 17.0 Å². The maximum Gasteiger partial charge on any atom is 0.169 e. The molecule has 0 saturated heterocycles. The van der Waals surface area contributed by atoms with E-state index >= 15 is 0 Å². The topological polar surface area (TPSA) is 39.1 Å². The third-order valence-corrected chi connectivity index (χ3v) is 3.74. The van der Waals surface area contributed by atoms with Crippen LogP contribution in [-0.4, -0.2) is 16.9 Å². The van der Waals surface area contributed by atoms with Crippen molar-refractivity contribution in [2.75, 3.05) is 12.4 Å². The van der Waals surface area contributed by atoms with E-state index < -0.39 is 5.82 Å². The van der Waals surface area contributed by atoms with Gasteiger partial charge in [-0.3, -0.25) is 4.68 Å². The molecule has 1 heterocycles. The molecule has 2 aromatic carbocycles. The number of aryl methyl sites for hydroxylation is 1. The summed E-state index contributed by atoms with van der Waals surface area (Å²) in [6.07, 6.45) is 1.19. The SMILES string of the molecule is COc1c(Nc2ccc(Cl)cc2)cccc1-c1c(F)cnn1C. The molecule has 0 unspecified atom stereocenters. The summed E-state index contributed by atoms with van der Waals surface area (Å²) in [5.41, 5.74) is 2.59. The summed E-state index contributed by atoms with van der Waals surface area (Å²) < 4.78 is 21.0. The van der Waals surface area contributed by atoms with Gasteiger partial charge in [-0.2, -0.15) is 5.10 Å². The molecule has 0 aliphatic rings. The fourth-order valence-electron chi connectivity index (χ4n) is 2.44. The van der Waals surface area contributed by atoms with Crippen LogP contribution in [0, 0.1) is 5.82 Å². The van der Waals surface area contributed by atoms with Gasteiger partial charge in [-0.05, 0) is 36.4 Å². The molecule has 1 aromatic heterocycles. The van der Waals surface area contributed by atoms with E-state index in [9.17, 15) is 4.39 Å². The zero-order valence-electron chi connectivity index (χ0n) is 12.7. The summed E-state index contributed by atoms with van der Waals surface area (Å²) in [6.45, 7) is 0. The van der Waals surface area contributed by atoms with Crippen molar-refractivity contribution in [1.82, 2.24) is 9.78 Å². The highest BCUT2D eigenvalue weighted by Crippen LogP contribution is 2.38. The van der Waals surface area contributed by atoms with Gasteiger partial charge in [-0.1, -0.05) is 17.7 Å². The minimum Gasteiger partial charge on any atom is -0.494 e. The van der Waals surface area contributed by atoms with Crippen LogP contribution < -0.4 is 10.1 Å². The van der Waals surface area contributed by atoms with E-state index in [4.69, 9.17) is 16.3 Å². The minimum absolute atomic E-state index is 0.376. The lowest BCUT2D eigenvalue weighted by atomic mass is 10.1. The fourth-order valence-corrected chi connectivity index (χ4v) is 2.57. The normalized spacial score (nSPS) is 10.6. The van der Waals surface area contributed by atoms with E-state index in [1.165, 1.54) is 10.9 Å². The van der Waals surface area contributed by atoms with Crippen LogP contribution in [0.15, 0.2) is 48.7 Å². The summed E-state index contributed by atoms with van der Waals surface area (Å²) in [4.78, 5) is 0. The molecule has 3 aromatic rings. The average molecular weight is 332 g/mol. The van der Waals surface area contributed by atoms with Gasteiger partial charge in [-0.25, -0.2) is 4.39 Å². The van der Waals surface area contributed by atoms with Crippen LogP contribution in [0.2, 0.25) is 5.02 Å². The van der Waals surface area contributed by atoms with Gasteiger partial charge in [0.2, 0.25) is 0 Å². The second-order valence-electron chi connectivity index (χ2n) is 4.98. The van der Waals surface area contributed by atoms with Crippen molar-refractivity contribution < 1.29 is 9.13 Å². The van der Waals surface area contributed by atoms with E-state index in [2.05, 4.69) is 10.4 Å². The third-order valence-electron chi connectivity index (χ3n) is 3.49. The Kier molecular flexibility index (Phi) is 4.21. The number of hydrogen-bond acceptors (Lipinski definition) is 3. The molecule has 118 valence electrons. The first kappa shape index (κ1) is 15.4. The second kappa shape index (κ2) is 6.30. The predicted octanol–water partition coefficient (Wildman–Crippen LogP) is 4.63. The molecule has 0 radical (unpaired) electrons. The molecule has 0 spiro atoms. The van der Waals surface area contributed by atoms with Gasteiger partial charge < -0.3 is 10.1 Å². The van der Waals surface area contributed by atoms with Crippen LogP contribution >= 0.6 is 11.6 Å². The lowest BCUT2D eigenvalue weighted by Gasteiger charge is -2.15. The van der Waals surface area contributed by atoms with Crippen LogP contribution in [-0.2, 0) is 7.05 Å². The Morgan fingerprint density at radius 2 is 1.91 bits per heavy atom. The number of nitrogens with one attached hydrogen (secondary N) is 1. The number of nitrogens with zero attached hydrogens (tertiary/aromatic N) is 2. The number of halogens is 2.